The lowest BCUT2D eigenvalue weighted by Crippen LogP contribution is -2.03. The second kappa shape index (κ2) is 15.5. The van der Waals surface area contributed by atoms with E-state index < -0.39 is 0 Å². The number of rotatable bonds is 7. The maximum Gasteiger partial charge on any atom is -0.00206 e. The predicted molar refractivity (Wildman–Crippen MR) is 291 cm³/mol. The topological polar surface area (TPSA) is 0 Å². The van der Waals surface area contributed by atoms with E-state index in [1.807, 2.05) is 0 Å². The first-order valence-electron chi connectivity index (χ1n) is 23.9. The van der Waals surface area contributed by atoms with Crippen LogP contribution in [0, 0.1) is 0 Å². The van der Waals surface area contributed by atoms with E-state index in [9.17, 15) is 0 Å². The Morgan fingerprint density at radius 3 is 1.35 bits per heavy atom. The van der Waals surface area contributed by atoms with Crippen LogP contribution in [0.3, 0.4) is 0 Å². The quantitative estimate of drug-likeness (QED) is 0.140. The molecule has 0 aromatic heterocycles. The summed E-state index contributed by atoms with van der Waals surface area (Å²) in [4.78, 5) is 0. The second-order valence-electron chi connectivity index (χ2n) is 18.7. The monoisotopic (exact) mass is 860 g/mol. The third-order valence-electron chi connectivity index (χ3n) is 14.8. The summed E-state index contributed by atoms with van der Waals surface area (Å²) in [6, 6.07) is 83.9. The SMILES string of the molecule is C1=Cc2ccc3c(-c4cccc(-c5cccc(-c6cc(-c7ccccc7)cc(-c7cccc(-c8cccc(-c9ccc%10ccc%11cccc%12ccc9c%10c%11%12)c8)c7)c6)c5)c4)ccc4c3c2C(=CC4)C1. The van der Waals surface area contributed by atoms with Gasteiger partial charge in [0.25, 0.3) is 0 Å². The molecule has 0 N–H and O–H groups in total. The third kappa shape index (κ3) is 6.37. The molecule has 68 heavy (non-hydrogen) atoms. The summed E-state index contributed by atoms with van der Waals surface area (Å²) in [5.41, 5.74) is 22.7. The van der Waals surface area contributed by atoms with Gasteiger partial charge in [-0.15, -0.1) is 0 Å². The van der Waals surface area contributed by atoms with Crippen LogP contribution in [0.15, 0.2) is 237 Å². The average Bonchev–Trinajstić information content (AvgIpc) is 3.42. The molecule has 0 bridgehead atoms. The Bertz CT molecular complexity index is 4050. The van der Waals surface area contributed by atoms with Gasteiger partial charge in [0, 0.05) is 0 Å². The van der Waals surface area contributed by atoms with Crippen molar-refractivity contribution in [1.82, 2.24) is 0 Å². The van der Waals surface area contributed by atoms with Crippen LogP contribution in [0.2, 0.25) is 0 Å². The third-order valence-corrected chi connectivity index (χ3v) is 14.8. The Morgan fingerprint density at radius 2 is 0.721 bits per heavy atom. The summed E-state index contributed by atoms with van der Waals surface area (Å²) in [6.45, 7) is 0. The molecule has 2 aliphatic rings. The van der Waals surface area contributed by atoms with Gasteiger partial charge in [-0.1, -0.05) is 200 Å². The highest BCUT2D eigenvalue weighted by atomic mass is 14.3. The van der Waals surface area contributed by atoms with E-state index in [0.717, 1.165) is 12.8 Å². The van der Waals surface area contributed by atoms with E-state index in [4.69, 9.17) is 0 Å². The van der Waals surface area contributed by atoms with Crippen LogP contribution in [0.1, 0.15) is 23.1 Å². The molecule has 0 saturated heterocycles. The Labute approximate surface area is 396 Å². The summed E-state index contributed by atoms with van der Waals surface area (Å²) in [5, 5.41) is 10.6. The van der Waals surface area contributed by atoms with Crippen LogP contribution in [0.25, 0.3) is 133 Å². The van der Waals surface area contributed by atoms with Crippen LogP contribution < -0.4 is 0 Å². The van der Waals surface area contributed by atoms with E-state index in [-0.39, 0.29) is 0 Å². The zero-order chi connectivity index (χ0) is 44.7. The average molecular weight is 861 g/mol. The van der Waals surface area contributed by atoms with Gasteiger partial charge in [0.1, 0.15) is 0 Å². The van der Waals surface area contributed by atoms with Crippen molar-refractivity contribution in [2.45, 2.75) is 12.8 Å². The molecule has 0 heteroatoms. The fraction of sp³-hybridized carbons (Fsp3) is 0.0294. The van der Waals surface area contributed by atoms with Crippen LogP contribution in [-0.2, 0) is 6.42 Å². The van der Waals surface area contributed by atoms with Crippen molar-refractivity contribution in [3.8, 4) is 77.9 Å². The Hall–Kier alpha value is -8.58. The van der Waals surface area contributed by atoms with E-state index in [1.165, 1.54) is 143 Å². The summed E-state index contributed by atoms with van der Waals surface area (Å²) in [5.74, 6) is 0. The van der Waals surface area contributed by atoms with E-state index in [1.54, 1.807) is 0 Å². The van der Waals surface area contributed by atoms with Gasteiger partial charge in [0.15, 0.2) is 0 Å². The van der Waals surface area contributed by atoms with E-state index >= 15 is 0 Å². The molecular weight excluding hydrogens is 817 g/mol. The van der Waals surface area contributed by atoms with Crippen molar-refractivity contribution in [2.24, 2.45) is 0 Å². The van der Waals surface area contributed by atoms with Crippen LogP contribution >= 0.6 is 0 Å². The number of hydrogen-bond donors (Lipinski definition) is 0. The lowest BCUT2D eigenvalue weighted by molar-refractivity contribution is 1.23. The molecule has 0 saturated carbocycles. The lowest BCUT2D eigenvalue weighted by Gasteiger charge is -2.24. The molecule has 12 aromatic carbocycles. The van der Waals surface area contributed by atoms with Crippen molar-refractivity contribution in [1.29, 1.82) is 0 Å². The van der Waals surface area contributed by atoms with Gasteiger partial charge < -0.3 is 0 Å². The largest absolute Gasteiger partial charge is 0.0795 e. The second-order valence-corrected chi connectivity index (χ2v) is 18.7. The smallest absolute Gasteiger partial charge is 0.00206 e. The Balaban J connectivity index is 0.836. The van der Waals surface area contributed by atoms with Gasteiger partial charge in [-0.2, -0.15) is 0 Å². The maximum absolute atomic E-state index is 2.43. The first-order chi connectivity index (χ1) is 33.7. The van der Waals surface area contributed by atoms with Crippen molar-refractivity contribution >= 4 is 54.7 Å². The number of benzene rings is 12. The summed E-state index contributed by atoms with van der Waals surface area (Å²) in [6.07, 6.45) is 9.05. The molecule has 0 atom stereocenters. The van der Waals surface area contributed by atoms with Gasteiger partial charge in [0.05, 0.1) is 0 Å². The van der Waals surface area contributed by atoms with Gasteiger partial charge in [-0.3, -0.25) is 0 Å². The van der Waals surface area contributed by atoms with Gasteiger partial charge in [-0.25, -0.2) is 0 Å². The minimum Gasteiger partial charge on any atom is -0.0795 e. The van der Waals surface area contributed by atoms with Crippen molar-refractivity contribution in [2.75, 3.05) is 0 Å². The summed E-state index contributed by atoms with van der Waals surface area (Å²) in [7, 11) is 0. The number of hydrogen-bond acceptors (Lipinski definition) is 0. The Morgan fingerprint density at radius 1 is 0.279 bits per heavy atom. The van der Waals surface area contributed by atoms with Gasteiger partial charge >= 0.3 is 0 Å². The molecule has 0 radical (unpaired) electrons. The Kier molecular flexibility index (Phi) is 8.82. The molecule has 0 amide bonds. The molecule has 0 spiro atoms. The molecule has 14 rings (SSSR count). The molecule has 12 aromatic rings. The lowest BCUT2D eigenvalue weighted by atomic mass is 9.80. The van der Waals surface area contributed by atoms with Crippen molar-refractivity contribution in [3.63, 3.8) is 0 Å². The highest BCUT2D eigenvalue weighted by Gasteiger charge is 2.22. The van der Waals surface area contributed by atoms with Gasteiger partial charge in [-0.05, 0) is 199 Å². The maximum atomic E-state index is 2.43. The molecule has 2 aliphatic carbocycles. The molecule has 0 unspecified atom stereocenters. The fourth-order valence-electron chi connectivity index (χ4n) is 11.5. The van der Waals surface area contributed by atoms with Gasteiger partial charge in [0.2, 0.25) is 0 Å². The first-order valence-corrected chi connectivity index (χ1v) is 23.9. The van der Waals surface area contributed by atoms with Crippen molar-refractivity contribution < 1.29 is 0 Å². The standard InChI is InChI=1S/C68H44/c1-2-10-43(11-3-1)58-40-59(54-20-6-16-50(36-54)52-18-8-22-56(38-52)61-32-28-48-26-24-44-12-4-14-46-30-34-63(61)67(48)65(44)46)42-60(41-58)55-21-7-17-51(37-55)53-19-9-23-57(39-53)62-33-29-49-27-25-45-13-5-15-47-31-35-64(62)68(49)66(45)47/h1-12,14-26,28-42H,13,27H2. The molecule has 0 heterocycles. The first kappa shape index (κ1) is 38.7. The van der Waals surface area contributed by atoms with E-state index in [0.29, 0.717) is 0 Å². The highest BCUT2D eigenvalue weighted by molar-refractivity contribution is 6.25. The van der Waals surface area contributed by atoms with Crippen LogP contribution in [0.5, 0.6) is 0 Å². The molecule has 0 nitrogen and oxygen atoms in total. The van der Waals surface area contributed by atoms with E-state index in [2.05, 4.69) is 243 Å². The normalized spacial score (nSPS) is 12.9. The van der Waals surface area contributed by atoms with Crippen molar-refractivity contribution in [3.05, 3.63) is 253 Å². The molecular formula is C68H44. The van der Waals surface area contributed by atoms with Crippen LogP contribution in [-0.4, -0.2) is 0 Å². The molecule has 316 valence electrons. The highest BCUT2D eigenvalue weighted by Crippen LogP contribution is 2.45. The fourth-order valence-corrected chi connectivity index (χ4v) is 11.5. The minimum absolute atomic E-state index is 1.00. The van der Waals surface area contributed by atoms with Crippen LogP contribution in [0.4, 0.5) is 0 Å². The molecule has 0 aliphatic heterocycles. The summed E-state index contributed by atoms with van der Waals surface area (Å²) < 4.78 is 0. The summed E-state index contributed by atoms with van der Waals surface area (Å²) >= 11 is 0. The molecule has 0 fully saturated rings. The zero-order valence-corrected chi connectivity index (χ0v) is 37.5. The zero-order valence-electron chi connectivity index (χ0n) is 37.5. The minimum atomic E-state index is 1.00. The predicted octanol–water partition coefficient (Wildman–Crippen LogP) is 18.8. The number of allylic oxidation sites excluding steroid dienone is 3.